The molecule has 112 valence electrons. The number of hydrogen-bond acceptors (Lipinski definition) is 3. The van der Waals surface area contributed by atoms with Crippen molar-refractivity contribution in [1.82, 2.24) is 9.97 Å². The average Bonchev–Trinajstić information content (AvgIpc) is 2.53. The summed E-state index contributed by atoms with van der Waals surface area (Å²) in [5.41, 5.74) is 1.09. The molecule has 22 heavy (non-hydrogen) atoms. The minimum absolute atomic E-state index is 0.538. The zero-order valence-corrected chi connectivity index (χ0v) is 11.6. The van der Waals surface area contributed by atoms with Crippen LogP contribution in [0.4, 0.5) is 13.2 Å². The molecule has 0 aliphatic rings. The van der Waals surface area contributed by atoms with Crippen molar-refractivity contribution in [3.63, 3.8) is 0 Å². The molecular weight excluding hydrogens is 293 g/mol. The highest BCUT2D eigenvalue weighted by Gasteiger charge is 2.30. The van der Waals surface area contributed by atoms with E-state index in [4.69, 9.17) is 4.74 Å². The first-order chi connectivity index (χ1) is 10.5. The zero-order chi connectivity index (χ0) is 15.7. The van der Waals surface area contributed by atoms with Gasteiger partial charge in [-0.1, -0.05) is 18.2 Å². The summed E-state index contributed by atoms with van der Waals surface area (Å²) in [6, 6.07) is 10.2. The number of alkyl halides is 3. The summed E-state index contributed by atoms with van der Waals surface area (Å²) in [5, 5.41) is 0.673. The van der Waals surface area contributed by atoms with Crippen LogP contribution in [-0.4, -0.2) is 17.1 Å². The van der Waals surface area contributed by atoms with Crippen molar-refractivity contribution < 1.29 is 17.9 Å². The molecule has 0 aliphatic heterocycles. The third-order valence-electron chi connectivity index (χ3n) is 3.33. The van der Waals surface area contributed by atoms with Gasteiger partial charge in [-0.15, -0.1) is 0 Å². The minimum Gasteiger partial charge on any atom is -0.496 e. The molecule has 0 unspecified atom stereocenters. The van der Waals surface area contributed by atoms with Gasteiger partial charge in [0.15, 0.2) is 0 Å². The van der Waals surface area contributed by atoms with Gasteiger partial charge in [-0.05, 0) is 24.3 Å². The van der Waals surface area contributed by atoms with Crippen molar-refractivity contribution in [2.75, 3.05) is 7.11 Å². The van der Waals surface area contributed by atoms with Gasteiger partial charge < -0.3 is 4.74 Å². The number of hydrogen-bond donors (Lipinski definition) is 0. The molecule has 0 bridgehead atoms. The molecule has 0 atom stereocenters. The maximum atomic E-state index is 12.6. The van der Waals surface area contributed by atoms with Crippen molar-refractivity contribution in [3.05, 3.63) is 54.4 Å². The molecule has 6 heteroatoms. The number of ether oxygens (including phenoxy) is 1. The number of methoxy groups -OCH3 is 1. The maximum absolute atomic E-state index is 12.6. The standard InChI is InChI=1S/C16H11F3N2O/c1-22-13-4-2-3-12-14(13)15(21-9-20-12)10-5-7-11(8-6-10)16(17,18)19/h2-9H,1H3. The fraction of sp³-hybridized carbons (Fsp3) is 0.125. The van der Waals surface area contributed by atoms with Crippen molar-refractivity contribution in [3.8, 4) is 17.0 Å². The predicted molar refractivity (Wildman–Crippen MR) is 76.5 cm³/mol. The quantitative estimate of drug-likeness (QED) is 0.707. The summed E-state index contributed by atoms with van der Waals surface area (Å²) in [7, 11) is 1.53. The highest BCUT2D eigenvalue weighted by Crippen LogP contribution is 2.34. The van der Waals surface area contributed by atoms with Gasteiger partial charge in [0.1, 0.15) is 12.1 Å². The topological polar surface area (TPSA) is 35.0 Å². The Bertz CT molecular complexity index is 808. The first kappa shape index (κ1) is 14.3. The molecule has 0 N–H and O–H groups in total. The minimum atomic E-state index is -4.36. The summed E-state index contributed by atoms with van der Waals surface area (Å²) in [4.78, 5) is 8.37. The molecule has 0 fully saturated rings. The Morgan fingerprint density at radius 3 is 2.32 bits per heavy atom. The van der Waals surface area contributed by atoms with Gasteiger partial charge in [-0.2, -0.15) is 13.2 Å². The van der Waals surface area contributed by atoms with E-state index in [9.17, 15) is 13.2 Å². The molecule has 1 aromatic heterocycles. The van der Waals surface area contributed by atoms with Gasteiger partial charge >= 0.3 is 6.18 Å². The summed E-state index contributed by atoms with van der Waals surface area (Å²) >= 11 is 0. The first-order valence-electron chi connectivity index (χ1n) is 6.46. The van der Waals surface area contributed by atoms with E-state index in [1.807, 2.05) is 0 Å². The van der Waals surface area contributed by atoms with Gasteiger partial charge in [0.25, 0.3) is 0 Å². The number of fused-ring (bicyclic) bond motifs is 1. The number of rotatable bonds is 2. The Labute approximate surface area is 124 Å². The highest BCUT2D eigenvalue weighted by molar-refractivity contribution is 5.96. The molecule has 0 amide bonds. The van der Waals surface area contributed by atoms with E-state index in [0.717, 1.165) is 12.1 Å². The Balaban J connectivity index is 2.18. The second-order valence-electron chi connectivity index (χ2n) is 4.65. The van der Waals surface area contributed by atoms with Crippen molar-refractivity contribution >= 4 is 10.9 Å². The van der Waals surface area contributed by atoms with E-state index < -0.39 is 11.7 Å². The first-order valence-corrected chi connectivity index (χ1v) is 6.46. The van der Waals surface area contributed by atoms with Crippen LogP contribution in [0.1, 0.15) is 5.56 Å². The van der Waals surface area contributed by atoms with E-state index in [0.29, 0.717) is 27.9 Å². The second kappa shape index (κ2) is 5.29. The largest absolute Gasteiger partial charge is 0.496 e. The van der Waals surface area contributed by atoms with Crippen LogP contribution in [0.25, 0.3) is 22.2 Å². The number of aromatic nitrogens is 2. The monoisotopic (exact) mass is 304 g/mol. The highest BCUT2D eigenvalue weighted by atomic mass is 19.4. The van der Waals surface area contributed by atoms with Crippen molar-refractivity contribution in [2.45, 2.75) is 6.18 Å². The second-order valence-corrected chi connectivity index (χ2v) is 4.65. The molecule has 0 radical (unpaired) electrons. The number of nitrogens with zero attached hydrogens (tertiary/aromatic N) is 2. The molecule has 3 rings (SSSR count). The van der Waals surface area contributed by atoms with E-state index in [-0.39, 0.29) is 0 Å². The van der Waals surface area contributed by atoms with Gasteiger partial charge in [0, 0.05) is 5.56 Å². The molecule has 2 aromatic carbocycles. The Kier molecular flexibility index (Phi) is 3.44. The molecule has 0 saturated carbocycles. The Morgan fingerprint density at radius 2 is 1.68 bits per heavy atom. The Morgan fingerprint density at radius 1 is 0.955 bits per heavy atom. The molecule has 0 spiro atoms. The average molecular weight is 304 g/mol. The van der Waals surface area contributed by atoms with Gasteiger partial charge in [-0.3, -0.25) is 0 Å². The van der Waals surface area contributed by atoms with E-state index in [1.54, 1.807) is 18.2 Å². The fourth-order valence-electron chi connectivity index (χ4n) is 2.28. The molecule has 3 nitrogen and oxygen atoms in total. The van der Waals surface area contributed by atoms with Crippen LogP contribution in [0.2, 0.25) is 0 Å². The fourth-order valence-corrected chi connectivity index (χ4v) is 2.28. The third kappa shape index (κ3) is 2.47. The van der Waals surface area contributed by atoms with E-state index in [1.165, 1.54) is 25.6 Å². The van der Waals surface area contributed by atoms with E-state index >= 15 is 0 Å². The smallest absolute Gasteiger partial charge is 0.416 e. The van der Waals surface area contributed by atoms with Crippen LogP contribution < -0.4 is 4.74 Å². The Hall–Kier alpha value is -2.63. The molecule has 0 aliphatic carbocycles. The van der Waals surface area contributed by atoms with E-state index in [2.05, 4.69) is 9.97 Å². The summed E-state index contributed by atoms with van der Waals surface area (Å²) in [6.07, 6.45) is -2.97. The summed E-state index contributed by atoms with van der Waals surface area (Å²) in [6.45, 7) is 0. The molecule has 0 saturated heterocycles. The SMILES string of the molecule is COc1cccc2ncnc(-c3ccc(C(F)(F)F)cc3)c12. The van der Waals surface area contributed by atoms with Crippen LogP contribution in [0.15, 0.2) is 48.8 Å². The molecular formula is C16H11F3N2O. The summed E-state index contributed by atoms with van der Waals surface area (Å²) in [5.74, 6) is 0.577. The summed E-state index contributed by atoms with van der Waals surface area (Å²) < 4.78 is 43.3. The third-order valence-corrected chi connectivity index (χ3v) is 3.33. The normalized spacial score (nSPS) is 11.6. The van der Waals surface area contributed by atoms with Crippen LogP contribution in [0.5, 0.6) is 5.75 Å². The number of halogens is 3. The van der Waals surface area contributed by atoms with Gasteiger partial charge in [-0.25, -0.2) is 9.97 Å². The molecule has 3 aromatic rings. The lowest BCUT2D eigenvalue weighted by molar-refractivity contribution is -0.137. The van der Waals surface area contributed by atoms with Crippen LogP contribution in [0, 0.1) is 0 Å². The van der Waals surface area contributed by atoms with Gasteiger partial charge in [0.2, 0.25) is 0 Å². The maximum Gasteiger partial charge on any atom is 0.416 e. The lowest BCUT2D eigenvalue weighted by Crippen LogP contribution is -2.04. The van der Waals surface area contributed by atoms with Crippen LogP contribution in [0.3, 0.4) is 0 Å². The lowest BCUT2D eigenvalue weighted by Gasteiger charge is -2.11. The van der Waals surface area contributed by atoms with Crippen molar-refractivity contribution in [1.29, 1.82) is 0 Å². The number of benzene rings is 2. The van der Waals surface area contributed by atoms with Crippen molar-refractivity contribution in [2.24, 2.45) is 0 Å². The molecule has 1 heterocycles. The predicted octanol–water partition coefficient (Wildman–Crippen LogP) is 4.32. The lowest BCUT2D eigenvalue weighted by atomic mass is 10.0. The van der Waals surface area contributed by atoms with Gasteiger partial charge in [0.05, 0.1) is 29.3 Å². The zero-order valence-electron chi connectivity index (χ0n) is 11.6. The van der Waals surface area contributed by atoms with Crippen LogP contribution in [-0.2, 0) is 6.18 Å². The van der Waals surface area contributed by atoms with Crippen LogP contribution >= 0.6 is 0 Å².